The lowest BCUT2D eigenvalue weighted by Gasteiger charge is -2.27. The van der Waals surface area contributed by atoms with Gasteiger partial charge >= 0.3 is 5.97 Å². The molecule has 0 aliphatic rings. The minimum Gasteiger partial charge on any atom is -0.477 e. The fraction of sp³-hybridized carbons (Fsp3) is 0.500. The lowest BCUT2D eigenvalue weighted by Crippen LogP contribution is -2.44. The second-order valence-electron chi connectivity index (χ2n) is 4.19. The van der Waals surface area contributed by atoms with E-state index in [2.05, 4.69) is 5.32 Å². The van der Waals surface area contributed by atoms with E-state index in [1.807, 2.05) is 20.8 Å². The third-order valence-corrected chi connectivity index (χ3v) is 4.09. The second kappa shape index (κ2) is 5.31. The van der Waals surface area contributed by atoms with Gasteiger partial charge in [0.1, 0.15) is 4.88 Å². The molecule has 0 aromatic carbocycles. The van der Waals surface area contributed by atoms with E-state index in [9.17, 15) is 9.59 Å². The fourth-order valence-electron chi connectivity index (χ4n) is 1.34. The maximum atomic E-state index is 11.9. The maximum absolute atomic E-state index is 11.9. The van der Waals surface area contributed by atoms with Crippen molar-refractivity contribution in [3.8, 4) is 0 Å². The Labute approximate surface area is 105 Å². The van der Waals surface area contributed by atoms with Crippen LogP contribution < -0.4 is 5.32 Å². The molecule has 0 spiro atoms. The molecular formula is C12H17NO3S. The second-order valence-corrected chi connectivity index (χ2v) is 5.27. The Kier molecular flexibility index (Phi) is 4.28. The van der Waals surface area contributed by atoms with Gasteiger partial charge in [-0.05, 0) is 31.9 Å². The van der Waals surface area contributed by atoms with Crippen LogP contribution in [0.2, 0.25) is 0 Å². The van der Waals surface area contributed by atoms with Crippen molar-refractivity contribution in [3.05, 3.63) is 21.9 Å². The molecule has 17 heavy (non-hydrogen) atoms. The summed E-state index contributed by atoms with van der Waals surface area (Å²) in [5.74, 6) is -1.20. The molecule has 0 aliphatic heterocycles. The summed E-state index contributed by atoms with van der Waals surface area (Å²) in [6.07, 6.45) is 1.68. The Morgan fingerprint density at radius 3 is 2.24 bits per heavy atom. The van der Waals surface area contributed by atoms with Gasteiger partial charge in [-0.2, -0.15) is 0 Å². The molecule has 0 aliphatic carbocycles. The van der Waals surface area contributed by atoms with Gasteiger partial charge in [0.05, 0.1) is 4.88 Å². The Bertz CT molecular complexity index is 421. The lowest BCUT2D eigenvalue weighted by atomic mass is 9.95. The van der Waals surface area contributed by atoms with Gasteiger partial charge in [0.25, 0.3) is 5.91 Å². The van der Waals surface area contributed by atoms with Gasteiger partial charge in [-0.1, -0.05) is 13.8 Å². The zero-order chi connectivity index (χ0) is 13.1. The molecule has 0 radical (unpaired) electrons. The number of amides is 1. The molecule has 0 saturated carbocycles. The van der Waals surface area contributed by atoms with Crippen molar-refractivity contribution in [2.75, 3.05) is 0 Å². The Hall–Kier alpha value is -1.36. The number of hydrogen-bond donors (Lipinski definition) is 2. The van der Waals surface area contributed by atoms with Crippen LogP contribution >= 0.6 is 11.3 Å². The Balaban J connectivity index is 2.79. The number of carboxylic acids is 1. The van der Waals surface area contributed by atoms with E-state index in [1.54, 1.807) is 6.07 Å². The monoisotopic (exact) mass is 255 g/mol. The van der Waals surface area contributed by atoms with Gasteiger partial charge in [-0.15, -0.1) is 11.3 Å². The number of carboxylic acid groups (broad SMARTS) is 1. The van der Waals surface area contributed by atoms with Crippen LogP contribution in [0.25, 0.3) is 0 Å². The van der Waals surface area contributed by atoms with E-state index in [-0.39, 0.29) is 16.3 Å². The van der Waals surface area contributed by atoms with Crippen LogP contribution in [0.5, 0.6) is 0 Å². The van der Waals surface area contributed by atoms with E-state index in [0.717, 1.165) is 24.2 Å². The average molecular weight is 255 g/mol. The minimum atomic E-state index is -0.997. The minimum absolute atomic E-state index is 0.185. The lowest BCUT2D eigenvalue weighted by molar-refractivity contribution is 0.0702. The molecule has 1 amide bonds. The first-order chi connectivity index (χ1) is 7.91. The molecule has 0 unspecified atom stereocenters. The molecule has 0 saturated heterocycles. The molecule has 0 fully saturated rings. The summed E-state index contributed by atoms with van der Waals surface area (Å²) < 4.78 is 0. The number of thiophene rings is 1. The molecule has 1 rings (SSSR count). The van der Waals surface area contributed by atoms with Gasteiger partial charge in [0.2, 0.25) is 0 Å². The van der Waals surface area contributed by atoms with Gasteiger partial charge in [-0.3, -0.25) is 4.79 Å². The number of carbonyl (C=O) groups excluding carboxylic acids is 1. The molecule has 0 bridgehead atoms. The smallest absolute Gasteiger partial charge is 0.345 e. The van der Waals surface area contributed by atoms with Crippen LogP contribution in [0.4, 0.5) is 0 Å². The molecule has 1 heterocycles. The van der Waals surface area contributed by atoms with Crippen molar-refractivity contribution in [3.63, 3.8) is 0 Å². The van der Waals surface area contributed by atoms with Crippen molar-refractivity contribution >= 4 is 23.2 Å². The SMILES string of the molecule is CCC(C)(CC)NC(=O)c1ccc(C(=O)O)s1. The predicted octanol–water partition coefficient (Wildman–Crippen LogP) is 2.75. The normalized spacial score (nSPS) is 11.2. The predicted molar refractivity (Wildman–Crippen MR) is 67.7 cm³/mol. The first-order valence-electron chi connectivity index (χ1n) is 5.57. The van der Waals surface area contributed by atoms with E-state index >= 15 is 0 Å². The molecule has 0 atom stereocenters. The van der Waals surface area contributed by atoms with Crippen molar-refractivity contribution in [2.24, 2.45) is 0 Å². The molecule has 4 nitrogen and oxygen atoms in total. The molecule has 1 aromatic rings. The van der Waals surface area contributed by atoms with Crippen LogP contribution in [0.1, 0.15) is 53.0 Å². The number of nitrogens with one attached hydrogen (secondary N) is 1. The molecule has 1 aromatic heterocycles. The maximum Gasteiger partial charge on any atom is 0.345 e. The van der Waals surface area contributed by atoms with E-state index in [0.29, 0.717) is 4.88 Å². The number of hydrogen-bond acceptors (Lipinski definition) is 3. The average Bonchev–Trinajstić information content (AvgIpc) is 2.78. The summed E-state index contributed by atoms with van der Waals surface area (Å²) >= 11 is 0.999. The highest BCUT2D eigenvalue weighted by Crippen LogP contribution is 2.19. The number of carbonyl (C=O) groups is 2. The Morgan fingerprint density at radius 1 is 1.29 bits per heavy atom. The first-order valence-corrected chi connectivity index (χ1v) is 6.39. The van der Waals surface area contributed by atoms with Crippen LogP contribution in [0, 0.1) is 0 Å². The standard InChI is InChI=1S/C12H17NO3S/c1-4-12(3,5-2)13-10(14)8-6-7-9(17-8)11(15)16/h6-7H,4-5H2,1-3H3,(H,13,14)(H,15,16). The zero-order valence-electron chi connectivity index (χ0n) is 10.2. The van der Waals surface area contributed by atoms with Crippen molar-refractivity contribution < 1.29 is 14.7 Å². The van der Waals surface area contributed by atoms with Crippen LogP contribution in [0.15, 0.2) is 12.1 Å². The van der Waals surface area contributed by atoms with Gasteiger partial charge < -0.3 is 10.4 Å². The summed E-state index contributed by atoms with van der Waals surface area (Å²) in [6, 6.07) is 3.01. The summed E-state index contributed by atoms with van der Waals surface area (Å²) in [4.78, 5) is 23.3. The zero-order valence-corrected chi connectivity index (χ0v) is 11.1. The highest BCUT2D eigenvalue weighted by Gasteiger charge is 2.23. The van der Waals surface area contributed by atoms with Gasteiger partial charge in [0.15, 0.2) is 0 Å². The van der Waals surface area contributed by atoms with Crippen molar-refractivity contribution in [1.29, 1.82) is 0 Å². The van der Waals surface area contributed by atoms with E-state index < -0.39 is 5.97 Å². The molecule has 2 N–H and O–H groups in total. The van der Waals surface area contributed by atoms with Crippen LogP contribution in [-0.2, 0) is 0 Å². The highest BCUT2D eigenvalue weighted by atomic mass is 32.1. The highest BCUT2D eigenvalue weighted by molar-refractivity contribution is 7.15. The van der Waals surface area contributed by atoms with E-state index in [4.69, 9.17) is 5.11 Å². The van der Waals surface area contributed by atoms with Crippen LogP contribution in [0.3, 0.4) is 0 Å². The van der Waals surface area contributed by atoms with Crippen molar-refractivity contribution in [2.45, 2.75) is 39.2 Å². The van der Waals surface area contributed by atoms with Gasteiger partial charge in [-0.25, -0.2) is 4.79 Å². The first kappa shape index (κ1) is 13.7. The Morgan fingerprint density at radius 2 is 1.82 bits per heavy atom. The third kappa shape index (κ3) is 3.30. The van der Waals surface area contributed by atoms with Crippen LogP contribution in [-0.4, -0.2) is 22.5 Å². The summed E-state index contributed by atoms with van der Waals surface area (Å²) in [6.45, 7) is 6.01. The summed E-state index contributed by atoms with van der Waals surface area (Å²) in [7, 11) is 0. The molecular weight excluding hydrogens is 238 g/mol. The molecule has 94 valence electrons. The van der Waals surface area contributed by atoms with Crippen molar-refractivity contribution in [1.82, 2.24) is 5.32 Å². The van der Waals surface area contributed by atoms with E-state index in [1.165, 1.54) is 6.07 Å². The molecule has 5 heteroatoms. The summed E-state index contributed by atoms with van der Waals surface area (Å²) in [5, 5.41) is 11.7. The largest absolute Gasteiger partial charge is 0.477 e. The topological polar surface area (TPSA) is 66.4 Å². The number of aromatic carboxylic acids is 1. The van der Waals surface area contributed by atoms with Gasteiger partial charge in [0, 0.05) is 5.54 Å². The quantitative estimate of drug-likeness (QED) is 0.850. The fourth-order valence-corrected chi connectivity index (χ4v) is 2.08. The summed E-state index contributed by atoms with van der Waals surface area (Å²) in [5.41, 5.74) is -0.232. The number of rotatable bonds is 5. The third-order valence-electron chi connectivity index (χ3n) is 3.02.